The predicted molar refractivity (Wildman–Crippen MR) is 505 cm³/mol. The van der Waals surface area contributed by atoms with E-state index in [0.29, 0.717) is 0 Å². The summed E-state index contributed by atoms with van der Waals surface area (Å²) in [5, 5.41) is 8.16. The number of nitrogens with zero attached hydrogens (tertiary/aromatic N) is 2. The normalized spacial score (nSPS) is 13.8. The van der Waals surface area contributed by atoms with E-state index in [1.54, 1.807) is 0 Å². The average molecular weight is 1530 g/mol. The van der Waals surface area contributed by atoms with Gasteiger partial charge in [-0.2, -0.15) is 0 Å². The molecule has 0 radical (unpaired) electrons. The maximum atomic E-state index is 5.40. The van der Waals surface area contributed by atoms with Crippen molar-refractivity contribution in [2.45, 2.75) is 241 Å². The Balaban J connectivity index is 0.000000228. The fourth-order valence-corrected chi connectivity index (χ4v) is 18.9. The molecule has 0 amide bonds. The highest BCUT2D eigenvalue weighted by molar-refractivity contribution is 6.17. The topological polar surface area (TPSA) is 48.8 Å². The lowest BCUT2D eigenvalue weighted by Gasteiger charge is -2.28. The van der Waals surface area contributed by atoms with Crippen LogP contribution in [0.1, 0.15) is 303 Å². The summed E-state index contributed by atoms with van der Waals surface area (Å²) in [7, 11) is 0. The Labute approximate surface area is 700 Å². The zero-order valence-electron chi connectivity index (χ0n) is 75.6. The van der Waals surface area contributed by atoms with E-state index in [9.17, 15) is 0 Å². The van der Waals surface area contributed by atoms with Crippen LogP contribution in [0.5, 0.6) is 0 Å². The molecule has 0 aromatic heterocycles. The standard InChI is InChI=1S/C56H68N2.C56H64N2/c2*1-33-17-34(2)22-47(21-33)43(11)51-29-41(9)30-52(44(12)48-23-35(3)18-36(4)24-48)55(51)57-15-16-58-56-53(45(13)49-25-37(5)19-38(6)26-49)31-42(10)32-54(56)46(14)50-27-39(7)20-40(8)28-50/h17-32,43-46,57-58H,15-16H2,1-14H3;15-32,43-46H,1-14H3/t2*43-,44?,45?,46?/m00/s1. The molecule has 0 saturated carbocycles. The van der Waals surface area contributed by atoms with E-state index < -0.39 is 0 Å². The highest BCUT2D eigenvalue weighted by Gasteiger charge is 2.28. The first-order chi connectivity index (χ1) is 54.9. The fraction of sp³-hybridized carbons (Fsp3) is 0.339. The molecule has 0 aliphatic carbocycles. The Morgan fingerprint density at radius 3 is 0.448 bits per heavy atom. The number of hydrogen-bond donors (Lipinski definition) is 2. The number of anilines is 2. The molecule has 0 aliphatic heterocycles. The number of rotatable bonds is 24. The number of hydrogen-bond acceptors (Lipinski definition) is 4. The van der Waals surface area contributed by atoms with Gasteiger partial charge in [0.15, 0.2) is 0 Å². The molecule has 0 spiro atoms. The first-order valence-electron chi connectivity index (χ1n) is 42.7. The molecular weight excluding hydrogens is 1400 g/mol. The fourth-order valence-electron chi connectivity index (χ4n) is 18.9. The van der Waals surface area contributed by atoms with Crippen molar-refractivity contribution in [2.24, 2.45) is 9.98 Å². The van der Waals surface area contributed by atoms with Crippen LogP contribution in [0.4, 0.5) is 22.7 Å². The van der Waals surface area contributed by atoms with Gasteiger partial charge in [-0.25, -0.2) is 0 Å². The Morgan fingerprint density at radius 1 is 0.181 bits per heavy atom. The van der Waals surface area contributed by atoms with Crippen LogP contribution in [-0.2, 0) is 0 Å². The van der Waals surface area contributed by atoms with Crippen molar-refractivity contribution in [2.75, 3.05) is 23.7 Å². The second-order valence-corrected chi connectivity index (χ2v) is 35.8. The van der Waals surface area contributed by atoms with Crippen molar-refractivity contribution in [3.63, 3.8) is 0 Å². The van der Waals surface area contributed by atoms with E-state index in [1.807, 2.05) is 12.4 Å². The number of benzene rings is 12. The maximum Gasteiger partial charge on any atom is 0.0706 e. The predicted octanol–water partition coefficient (Wildman–Crippen LogP) is 30.4. The van der Waals surface area contributed by atoms with Gasteiger partial charge in [0, 0.05) is 84.2 Å². The van der Waals surface area contributed by atoms with Gasteiger partial charge in [0.1, 0.15) is 0 Å². The zero-order chi connectivity index (χ0) is 84.0. The third kappa shape index (κ3) is 21.0. The minimum Gasteiger partial charge on any atom is -0.383 e. The van der Waals surface area contributed by atoms with E-state index in [2.05, 4.69) is 399 Å². The van der Waals surface area contributed by atoms with Crippen LogP contribution in [0, 0.1) is 138 Å². The average Bonchev–Trinajstić information content (AvgIpc) is 0.790. The summed E-state index contributed by atoms with van der Waals surface area (Å²) >= 11 is 0. The number of aliphatic imine (C=N–C) groups is 2. The molecule has 0 bridgehead atoms. The molecule has 12 aromatic carbocycles. The van der Waals surface area contributed by atoms with Crippen molar-refractivity contribution < 1.29 is 0 Å². The van der Waals surface area contributed by atoms with Crippen LogP contribution < -0.4 is 10.6 Å². The van der Waals surface area contributed by atoms with Crippen molar-refractivity contribution in [1.82, 2.24) is 0 Å². The molecule has 116 heavy (non-hydrogen) atoms. The lowest BCUT2D eigenvalue weighted by molar-refractivity contribution is 0.869. The first-order valence-corrected chi connectivity index (χ1v) is 42.7. The zero-order valence-corrected chi connectivity index (χ0v) is 75.6. The van der Waals surface area contributed by atoms with Gasteiger partial charge in [-0.05, 0) is 227 Å². The highest BCUT2D eigenvalue weighted by atomic mass is 15.0. The van der Waals surface area contributed by atoms with Crippen molar-refractivity contribution in [3.05, 3.63) is 394 Å². The third-order valence-electron chi connectivity index (χ3n) is 24.2. The number of aryl methyl sites for hydroxylation is 20. The second kappa shape index (κ2) is 37.2. The van der Waals surface area contributed by atoms with E-state index in [4.69, 9.17) is 9.98 Å². The van der Waals surface area contributed by atoms with E-state index >= 15 is 0 Å². The Bertz CT molecular complexity index is 4830. The smallest absolute Gasteiger partial charge is 0.0706 e. The monoisotopic (exact) mass is 1530 g/mol. The van der Waals surface area contributed by atoms with Crippen LogP contribution >= 0.6 is 0 Å². The molecule has 4 nitrogen and oxygen atoms in total. The van der Waals surface area contributed by atoms with Gasteiger partial charge in [0.2, 0.25) is 0 Å². The molecule has 0 aliphatic rings. The van der Waals surface area contributed by atoms with E-state index in [0.717, 1.165) is 24.5 Å². The summed E-state index contributed by atoms with van der Waals surface area (Å²) in [6.45, 7) is 64.6. The van der Waals surface area contributed by atoms with Gasteiger partial charge in [-0.3, -0.25) is 9.98 Å². The van der Waals surface area contributed by atoms with Crippen LogP contribution in [0.3, 0.4) is 0 Å². The minimum atomic E-state index is 0.153. The lowest BCUT2D eigenvalue weighted by Crippen LogP contribution is -2.20. The van der Waals surface area contributed by atoms with Gasteiger partial charge in [-0.1, -0.05) is 361 Å². The molecule has 4 heteroatoms. The maximum absolute atomic E-state index is 5.40. The summed E-state index contributed by atoms with van der Waals surface area (Å²) < 4.78 is 0. The molecule has 600 valence electrons. The lowest BCUT2D eigenvalue weighted by atomic mass is 9.83. The van der Waals surface area contributed by atoms with Gasteiger partial charge in [0.25, 0.3) is 0 Å². The Kier molecular flexibility index (Phi) is 27.7. The summed E-state index contributed by atoms with van der Waals surface area (Å²) in [5.74, 6) is 1.53. The quantitative estimate of drug-likeness (QED) is 0.0468. The molecule has 2 N–H and O–H groups in total. The summed E-state index contributed by atoms with van der Waals surface area (Å²) in [6.07, 6.45) is 3.88. The summed E-state index contributed by atoms with van der Waals surface area (Å²) in [5.41, 5.74) is 51.6. The van der Waals surface area contributed by atoms with Gasteiger partial charge < -0.3 is 10.6 Å². The molecule has 0 heterocycles. The first kappa shape index (κ1) is 86.4. The van der Waals surface area contributed by atoms with Crippen molar-refractivity contribution in [3.8, 4) is 0 Å². The van der Waals surface area contributed by atoms with Crippen LogP contribution in [0.2, 0.25) is 0 Å². The van der Waals surface area contributed by atoms with Gasteiger partial charge in [-0.15, -0.1) is 0 Å². The van der Waals surface area contributed by atoms with Crippen LogP contribution in [0.25, 0.3) is 0 Å². The molecule has 0 saturated heterocycles. The van der Waals surface area contributed by atoms with Gasteiger partial charge in [0.05, 0.1) is 11.4 Å². The summed E-state index contributed by atoms with van der Waals surface area (Å²) in [6, 6.07) is 74.8. The highest BCUT2D eigenvalue weighted by Crippen LogP contribution is 2.46. The van der Waals surface area contributed by atoms with Crippen molar-refractivity contribution in [1.29, 1.82) is 0 Å². The molecule has 0 fully saturated rings. The summed E-state index contributed by atoms with van der Waals surface area (Å²) in [4.78, 5) is 10.8. The Morgan fingerprint density at radius 2 is 0.302 bits per heavy atom. The van der Waals surface area contributed by atoms with Crippen LogP contribution in [0.15, 0.2) is 204 Å². The number of nitrogens with one attached hydrogen (secondary N) is 2. The van der Waals surface area contributed by atoms with Gasteiger partial charge >= 0.3 is 0 Å². The Hall–Kier alpha value is -10.4. The van der Waals surface area contributed by atoms with E-state index in [-0.39, 0.29) is 47.3 Å². The van der Waals surface area contributed by atoms with Crippen molar-refractivity contribution >= 4 is 35.2 Å². The largest absolute Gasteiger partial charge is 0.383 e. The molecule has 12 rings (SSSR count). The van der Waals surface area contributed by atoms with Crippen LogP contribution in [-0.4, -0.2) is 25.5 Å². The molecule has 12 aromatic rings. The third-order valence-corrected chi connectivity index (χ3v) is 24.2. The molecule has 6 unspecified atom stereocenters. The van der Waals surface area contributed by atoms with E-state index in [1.165, 1.54) is 212 Å². The molecular formula is C112H132N4. The second-order valence-electron chi connectivity index (χ2n) is 35.8. The molecule has 8 atom stereocenters. The minimum absolute atomic E-state index is 0.153. The SMILES string of the molecule is Cc1cc(C)cc(C(C)c2cc(C)cc(C(C)c3cc(C)cc(C)c3)c2N=CC=Nc2c(C(C)c3cc(C)cc(C)c3)cc(C)cc2[C@@H](C)c2cc(C)cc(C)c2)c1.Cc1cc(C)cc(C(C)c2cc(C)cc(C(C)c3cc(C)cc(C)c3)c2NCCNc2c(C(C)c3cc(C)cc(C)c3)cc(C)cc2[C@@H](C)c2cc(C)cc(C)c2)c1.